The molecule has 23 heavy (non-hydrogen) atoms. The summed E-state index contributed by atoms with van der Waals surface area (Å²) in [6.45, 7) is 8.74. The van der Waals surface area contributed by atoms with Crippen LogP contribution in [0.4, 0.5) is 0 Å². The predicted molar refractivity (Wildman–Crippen MR) is 94.8 cm³/mol. The van der Waals surface area contributed by atoms with E-state index in [1.165, 1.54) is 0 Å². The van der Waals surface area contributed by atoms with Crippen molar-refractivity contribution in [1.82, 2.24) is 9.97 Å². The molecule has 0 fully saturated rings. The Labute approximate surface area is 143 Å². The zero-order valence-corrected chi connectivity index (χ0v) is 14.9. The van der Waals surface area contributed by atoms with Gasteiger partial charge in [0.1, 0.15) is 11.8 Å². The smallest absolute Gasteiger partial charge is 0.216 e. The number of halogens is 1. The molecule has 2 N–H and O–H groups in total. The van der Waals surface area contributed by atoms with Crippen LogP contribution in [0.5, 0.6) is 5.88 Å². The average Bonchev–Trinajstić information content (AvgIpc) is 2.44. The number of nitrogens with two attached hydrogens (primary N) is 1. The Hall–Kier alpha value is -1.65. The summed E-state index contributed by atoms with van der Waals surface area (Å²) in [5.41, 5.74) is 8.85. The summed E-state index contributed by atoms with van der Waals surface area (Å²) < 4.78 is 5.84. The largest absolute Gasteiger partial charge is 0.476 e. The lowest BCUT2D eigenvalue weighted by Gasteiger charge is -2.26. The maximum Gasteiger partial charge on any atom is 0.216 e. The van der Waals surface area contributed by atoms with Gasteiger partial charge < -0.3 is 10.5 Å². The maximum absolute atomic E-state index is 6.28. The summed E-state index contributed by atoms with van der Waals surface area (Å²) in [7, 11) is 0. The molecule has 2 rings (SSSR count). The third kappa shape index (κ3) is 5.19. The van der Waals surface area contributed by atoms with Crippen LogP contribution in [0.3, 0.4) is 0 Å². The minimum Gasteiger partial charge on any atom is -0.476 e. The minimum absolute atomic E-state index is 0.362. The molecule has 124 valence electrons. The first-order valence-electron chi connectivity index (χ1n) is 7.77. The second kappa shape index (κ2) is 7.28. The number of aromatic nitrogens is 2. The van der Waals surface area contributed by atoms with E-state index >= 15 is 0 Å². The van der Waals surface area contributed by atoms with Gasteiger partial charge in [0.05, 0.1) is 0 Å². The van der Waals surface area contributed by atoms with Gasteiger partial charge >= 0.3 is 0 Å². The number of hydrogen-bond donors (Lipinski definition) is 1. The van der Waals surface area contributed by atoms with Crippen LogP contribution in [0, 0.1) is 12.8 Å². The highest BCUT2D eigenvalue weighted by Gasteiger charge is 2.21. The molecule has 2 aromatic heterocycles. The maximum atomic E-state index is 6.28. The fourth-order valence-corrected chi connectivity index (χ4v) is 2.85. The van der Waals surface area contributed by atoms with Gasteiger partial charge in [-0.3, -0.25) is 0 Å². The zero-order valence-electron chi connectivity index (χ0n) is 14.1. The van der Waals surface area contributed by atoms with E-state index in [0.717, 1.165) is 23.1 Å². The standard InChI is InChI=1S/C18H24ClN3O/c1-12(2)9-18(4,20)11-23-17-13(3)7-15(10-22-17)14-5-6-21-16(19)8-14/h5-8,10,12H,9,11,20H2,1-4H3. The lowest BCUT2D eigenvalue weighted by Crippen LogP contribution is -2.43. The van der Waals surface area contributed by atoms with Crippen molar-refractivity contribution in [2.24, 2.45) is 11.7 Å². The highest BCUT2D eigenvalue weighted by Crippen LogP contribution is 2.25. The van der Waals surface area contributed by atoms with Gasteiger partial charge in [0.15, 0.2) is 0 Å². The van der Waals surface area contributed by atoms with E-state index in [1.807, 2.05) is 32.0 Å². The lowest BCUT2D eigenvalue weighted by molar-refractivity contribution is 0.199. The fraction of sp³-hybridized carbons (Fsp3) is 0.444. The number of rotatable bonds is 6. The van der Waals surface area contributed by atoms with Crippen LogP contribution in [-0.4, -0.2) is 22.1 Å². The number of pyridine rings is 2. The van der Waals surface area contributed by atoms with Crippen molar-refractivity contribution in [2.45, 2.75) is 39.7 Å². The Morgan fingerprint density at radius 1 is 1.26 bits per heavy atom. The molecule has 0 aliphatic carbocycles. The molecule has 0 amide bonds. The highest BCUT2D eigenvalue weighted by molar-refractivity contribution is 6.29. The Morgan fingerprint density at radius 3 is 2.61 bits per heavy atom. The van der Waals surface area contributed by atoms with E-state index in [0.29, 0.717) is 23.6 Å². The number of hydrogen-bond acceptors (Lipinski definition) is 4. The second-order valence-corrected chi connectivity index (χ2v) is 7.14. The molecule has 1 atom stereocenters. The van der Waals surface area contributed by atoms with Crippen LogP contribution in [0.25, 0.3) is 11.1 Å². The Bertz CT molecular complexity index is 671. The quantitative estimate of drug-likeness (QED) is 0.803. The Kier molecular flexibility index (Phi) is 5.60. The van der Waals surface area contributed by atoms with E-state index in [-0.39, 0.29) is 5.54 Å². The Morgan fingerprint density at radius 2 is 2.00 bits per heavy atom. The SMILES string of the molecule is Cc1cc(-c2ccnc(Cl)c2)cnc1OCC(C)(N)CC(C)C. The van der Waals surface area contributed by atoms with Crippen LogP contribution >= 0.6 is 11.6 Å². The second-order valence-electron chi connectivity index (χ2n) is 6.75. The summed E-state index contributed by atoms with van der Waals surface area (Å²) in [5.74, 6) is 1.15. The fourth-order valence-electron chi connectivity index (χ4n) is 2.68. The van der Waals surface area contributed by atoms with Gasteiger partial charge in [0.2, 0.25) is 5.88 Å². The molecule has 2 heterocycles. The molecule has 1 unspecified atom stereocenters. The van der Waals surface area contributed by atoms with Crippen LogP contribution in [0.1, 0.15) is 32.8 Å². The van der Waals surface area contributed by atoms with Gasteiger partial charge in [-0.25, -0.2) is 9.97 Å². The molecular formula is C18H24ClN3O. The number of nitrogens with zero attached hydrogens (tertiary/aromatic N) is 2. The van der Waals surface area contributed by atoms with Crippen molar-refractivity contribution < 1.29 is 4.74 Å². The molecule has 0 aromatic carbocycles. The lowest BCUT2D eigenvalue weighted by atomic mass is 9.93. The topological polar surface area (TPSA) is 61.0 Å². The van der Waals surface area contributed by atoms with Crippen molar-refractivity contribution in [1.29, 1.82) is 0 Å². The van der Waals surface area contributed by atoms with Crippen LogP contribution in [0.15, 0.2) is 30.6 Å². The van der Waals surface area contributed by atoms with Gasteiger partial charge in [-0.15, -0.1) is 0 Å². The summed E-state index contributed by atoms with van der Waals surface area (Å²) in [5, 5.41) is 0.466. The molecule has 0 aliphatic rings. The number of ether oxygens (including phenoxy) is 1. The molecule has 0 aliphatic heterocycles. The summed E-state index contributed by atoms with van der Waals surface area (Å²) in [4.78, 5) is 8.42. The summed E-state index contributed by atoms with van der Waals surface area (Å²) in [6, 6.07) is 5.75. The van der Waals surface area contributed by atoms with Crippen molar-refractivity contribution in [2.75, 3.05) is 6.61 Å². The van der Waals surface area contributed by atoms with E-state index in [9.17, 15) is 0 Å². The first-order valence-corrected chi connectivity index (χ1v) is 8.15. The first-order chi connectivity index (χ1) is 10.8. The molecule has 5 heteroatoms. The van der Waals surface area contributed by atoms with Gasteiger partial charge in [-0.1, -0.05) is 25.4 Å². The molecule has 0 saturated carbocycles. The third-order valence-electron chi connectivity index (χ3n) is 3.50. The van der Waals surface area contributed by atoms with Gasteiger partial charge in [0, 0.05) is 29.1 Å². The van der Waals surface area contributed by atoms with Crippen molar-refractivity contribution in [3.63, 3.8) is 0 Å². The van der Waals surface area contributed by atoms with Crippen molar-refractivity contribution in [3.05, 3.63) is 41.3 Å². The van der Waals surface area contributed by atoms with Gasteiger partial charge in [-0.05, 0) is 49.9 Å². The highest BCUT2D eigenvalue weighted by atomic mass is 35.5. The molecule has 0 spiro atoms. The van der Waals surface area contributed by atoms with Crippen LogP contribution in [-0.2, 0) is 0 Å². The van der Waals surface area contributed by atoms with E-state index < -0.39 is 0 Å². The third-order valence-corrected chi connectivity index (χ3v) is 3.71. The summed E-state index contributed by atoms with van der Waals surface area (Å²) in [6.07, 6.45) is 4.37. The predicted octanol–water partition coefficient (Wildman–Crippen LogP) is 4.25. The van der Waals surface area contributed by atoms with Gasteiger partial charge in [-0.2, -0.15) is 0 Å². The van der Waals surface area contributed by atoms with E-state index in [4.69, 9.17) is 22.1 Å². The van der Waals surface area contributed by atoms with Crippen LogP contribution < -0.4 is 10.5 Å². The molecular weight excluding hydrogens is 310 g/mol. The van der Waals surface area contributed by atoms with Crippen molar-refractivity contribution >= 4 is 11.6 Å². The molecule has 2 aromatic rings. The monoisotopic (exact) mass is 333 g/mol. The molecule has 0 radical (unpaired) electrons. The first kappa shape index (κ1) is 17.7. The molecule has 0 saturated heterocycles. The van der Waals surface area contributed by atoms with Crippen molar-refractivity contribution in [3.8, 4) is 17.0 Å². The molecule has 4 nitrogen and oxygen atoms in total. The minimum atomic E-state index is -0.362. The average molecular weight is 334 g/mol. The molecule has 0 bridgehead atoms. The zero-order chi connectivity index (χ0) is 17.0. The van der Waals surface area contributed by atoms with Crippen LogP contribution in [0.2, 0.25) is 5.15 Å². The normalized spacial score (nSPS) is 13.9. The number of aryl methyl sites for hydroxylation is 1. The Balaban J connectivity index is 2.11. The van der Waals surface area contributed by atoms with Gasteiger partial charge in [0.25, 0.3) is 0 Å². The summed E-state index contributed by atoms with van der Waals surface area (Å²) >= 11 is 5.94. The van der Waals surface area contributed by atoms with E-state index in [2.05, 4.69) is 23.8 Å². The van der Waals surface area contributed by atoms with E-state index in [1.54, 1.807) is 12.4 Å².